The smallest absolute Gasteiger partial charge is 0.407 e. The van der Waals surface area contributed by atoms with E-state index in [2.05, 4.69) is 5.32 Å². The van der Waals surface area contributed by atoms with E-state index < -0.39 is 30.4 Å². The molecule has 0 saturated carbocycles. The first-order valence-electron chi connectivity index (χ1n) is 11.1. The highest BCUT2D eigenvalue weighted by Crippen LogP contribution is 2.44. The van der Waals surface area contributed by atoms with Gasteiger partial charge in [-0.2, -0.15) is 0 Å². The SMILES string of the molecule is CC1OCCC1N(C)C(=O)C(CC(=O)O)NC(=O)OCC1c2ccccc2-c2ccccc21. The van der Waals surface area contributed by atoms with Gasteiger partial charge in [0.1, 0.15) is 12.6 Å². The summed E-state index contributed by atoms with van der Waals surface area (Å²) in [6, 6.07) is 14.6. The second-order valence-corrected chi connectivity index (χ2v) is 8.50. The number of nitrogens with zero attached hydrogens (tertiary/aromatic N) is 1. The zero-order chi connectivity index (χ0) is 23.5. The minimum atomic E-state index is -1.23. The van der Waals surface area contributed by atoms with E-state index in [-0.39, 0.29) is 24.7 Å². The summed E-state index contributed by atoms with van der Waals surface area (Å²) in [5.41, 5.74) is 4.35. The van der Waals surface area contributed by atoms with Gasteiger partial charge in [-0.1, -0.05) is 48.5 Å². The molecular formula is C25H28N2O6. The van der Waals surface area contributed by atoms with Crippen molar-refractivity contribution in [2.75, 3.05) is 20.3 Å². The summed E-state index contributed by atoms with van der Waals surface area (Å²) in [5.74, 6) is -1.79. The molecule has 0 aromatic heterocycles. The monoisotopic (exact) mass is 452 g/mol. The molecule has 2 amide bonds. The molecule has 2 aromatic carbocycles. The van der Waals surface area contributed by atoms with Gasteiger partial charge < -0.3 is 24.8 Å². The van der Waals surface area contributed by atoms with Gasteiger partial charge in [0, 0.05) is 19.6 Å². The average molecular weight is 453 g/mol. The van der Waals surface area contributed by atoms with E-state index in [9.17, 15) is 19.5 Å². The first-order valence-corrected chi connectivity index (χ1v) is 11.1. The Hall–Kier alpha value is -3.39. The predicted octanol–water partition coefficient (Wildman–Crippen LogP) is 3.00. The number of carbonyl (C=O) groups excluding carboxylic acids is 2. The molecule has 2 N–H and O–H groups in total. The van der Waals surface area contributed by atoms with Crippen LogP contribution in [-0.4, -0.2) is 66.4 Å². The number of likely N-dealkylation sites (N-methyl/N-ethyl adjacent to an activating group) is 1. The van der Waals surface area contributed by atoms with Gasteiger partial charge in [0.05, 0.1) is 18.6 Å². The molecule has 0 radical (unpaired) electrons. The van der Waals surface area contributed by atoms with Crippen LogP contribution in [-0.2, 0) is 19.1 Å². The second kappa shape index (κ2) is 9.62. The van der Waals surface area contributed by atoms with Crippen LogP contribution in [0.1, 0.15) is 36.8 Å². The number of ether oxygens (including phenoxy) is 2. The molecule has 3 atom stereocenters. The summed E-state index contributed by atoms with van der Waals surface area (Å²) in [5, 5.41) is 11.7. The Bertz CT molecular complexity index is 1010. The number of carbonyl (C=O) groups is 3. The predicted molar refractivity (Wildman–Crippen MR) is 121 cm³/mol. The van der Waals surface area contributed by atoms with Crippen LogP contribution in [0.3, 0.4) is 0 Å². The van der Waals surface area contributed by atoms with Crippen LogP contribution in [0.2, 0.25) is 0 Å². The minimum Gasteiger partial charge on any atom is -0.481 e. The van der Waals surface area contributed by atoms with Gasteiger partial charge in [0.2, 0.25) is 5.91 Å². The van der Waals surface area contributed by atoms with Crippen LogP contribution in [0.15, 0.2) is 48.5 Å². The highest BCUT2D eigenvalue weighted by molar-refractivity contribution is 5.89. The van der Waals surface area contributed by atoms with Gasteiger partial charge in [0.15, 0.2) is 0 Å². The van der Waals surface area contributed by atoms with Crippen molar-refractivity contribution in [3.63, 3.8) is 0 Å². The first-order chi connectivity index (χ1) is 15.9. The van der Waals surface area contributed by atoms with Crippen molar-refractivity contribution < 1.29 is 29.0 Å². The number of amides is 2. The van der Waals surface area contributed by atoms with Gasteiger partial charge >= 0.3 is 12.1 Å². The largest absolute Gasteiger partial charge is 0.481 e. The molecule has 1 saturated heterocycles. The molecule has 33 heavy (non-hydrogen) atoms. The average Bonchev–Trinajstić information content (AvgIpc) is 3.37. The van der Waals surface area contributed by atoms with Gasteiger partial charge in [-0.3, -0.25) is 9.59 Å². The molecule has 1 fully saturated rings. The Morgan fingerprint density at radius 1 is 1.12 bits per heavy atom. The van der Waals surface area contributed by atoms with E-state index in [0.29, 0.717) is 13.0 Å². The van der Waals surface area contributed by atoms with Crippen molar-refractivity contribution in [3.05, 3.63) is 59.7 Å². The summed E-state index contributed by atoms with van der Waals surface area (Å²) < 4.78 is 11.0. The van der Waals surface area contributed by atoms with Crippen LogP contribution < -0.4 is 5.32 Å². The van der Waals surface area contributed by atoms with Crippen molar-refractivity contribution >= 4 is 18.0 Å². The Morgan fingerprint density at radius 3 is 2.27 bits per heavy atom. The lowest BCUT2D eigenvalue weighted by molar-refractivity contribution is -0.143. The van der Waals surface area contributed by atoms with Crippen molar-refractivity contribution in [1.82, 2.24) is 10.2 Å². The third kappa shape index (κ3) is 4.71. The number of carboxylic acids is 1. The van der Waals surface area contributed by atoms with Gasteiger partial charge in [0.25, 0.3) is 0 Å². The molecular weight excluding hydrogens is 424 g/mol. The molecule has 1 aliphatic heterocycles. The topological polar surface area (TPSA) is 105 Å². The van der Waals surface area contributed by atoms with Crippen LogP contribution in [0.25, 0.3) is 11.1 Å². The molecule has 0 bridgehead atoms. The minimum absolute atomic E-state index is 0.0805. The summed E-state index contributed by atoms with van der Waals surface area (Å²) in [6.45, 7) is 2.48. The van der Waals surface area contributed by atoms with Crippen molar-refractivity contribution in [1.29, 1.82) is 0 Å². The quantitative estimate of drug-likeness (QED) is 0.669. The number of hydrogen-bond acceptors (Lipinski definition) is 5. The van der Waals surface area contributed by atoms with E-state index >= 15 is 0 Å². The van der Waals surface area contributed by atoms with Crippen molar-refractivity contribution in [3.8, 4) is 11.1 Å². The Labute approximate surface area is 192 Å². The summed E-state index contributed by atoms with van der Waals surface area (Å²) >= 11 is 0. The maximum Gasteiger partial charge on any atom is 0.407 e. The Morgan fingerprint density at radius 2 is 1.73 bits per heavy atom. The van der Waals surface area contributed by atoms with E-state index in [1.54, 1.807) is 7.05 Å². The summed E-state index contributed by atoms with van der Waals surface area (Å²) in [7, 11) is 1.60. The van der Waals surface area contributed by atoms with E-state index in [4.69, 9.17) is 9.47 Å². The molecule has 4 rings (SSSR count). The lowest BCUT2D eigenvalue weighted by atomic mass is 9.98. The van der Waals surface area contributed by atoms with Crippen molar-refractivity contribution in [2.24, 2.45) is 0 Å². The highest BCUT2D eigenvalue weighted by Gasteiger charge is 2.36. The number of aliphatic carboxylic acids is 1. The van der Waals surface area contributed by atoms with Gasteiger partial charge in [-0.25, -0.2) is 4.79 Å². The Balaban J connectivity index is 1.43. The van der Waals surface area contributed by atoms with Gasteiger partial charge in [-0.05, 0) is 35.6 Å². The fraction of sp³-hybridized carbons (Fsp3) is 0.400. The third-order valence-corrected chi connectivity index (χ3v) is 6.49. The van der Waals surface area contributed by atoms with Crippen molar-refractivity contribution in [2.45, 2.75) is 43.9 Å². The lowest BCUT2D eigenvalue weighted by Crippen LogP contribution is -2.52. The van der Waals surface area contributed by atoms with E-state index in [1.165, 1.54) is 4.90 Å². The molecule has 2 aromatic rings. The maximum absolute atomic E-state index is 13.0. The van der Waals surface area contributed by atoms with E-state index in [1.807, 2.05) is 55.5 Å². The molecule has 174 valence electrons. The fourth-order valence-electron chi connectivity index (χ4n) is 4.80. The number of hydrogen-bond donors (Lipinski definition) is 2. The third-order valence-electron chi connectivity index (χ3n) is 6.49. The number of rotatable bonds is 7. The Kier molecular flexibility index (Phi) is 6.65. The molecule has 8 heteroatoms. The molecule has 1 aliphatic carbocycles. The molecule has 8 nitrogen and oxygen atoms in total. The number of nitrogens with one attached hydrogen (secondary N) is 1. The van der Waals surface area contributed by atoms with Gasteiger partial charge in [-0.15, -0.1) is 0 Å². The maximum atomic E-state index is 13.0. The van der Waals surface area contributed by atoms with Crippen LogP contribution in [0, 0.1) is 0 Å². The zero-order valence-electron chi connectivity index (χ0n) is 18.7. The molecule has 2 aliphatic rings. The number of alkyl carbamates (subject to hydrolysis) is 1. The number of carboxylic acid groups (broad SMARTS) is 1. The highest BCUT2D eigenvalue weighted by atomic mass is 16.5. The first kappa shape index (κ1) is 22.8. The number of fused-ring (bicyclic) bond motifs is 3. The molecule has 3 unspecified atom stereocenters. The van der Waals surface area contributed by atoms with Crippen LogP contribution >= 0.6 is 0 Å². The zero-order valence-corrected chi connectivity index (χ0v) is 18.7. The standard InChI is InChI=1S/C25H28N2O6/c1-15-22(11-12-32-15)27(2)24(30)21(13-23(28)29)26-25(31)33-14-20-18-9-5-3-7-16(18)17-8-4-6-10-19(17)20/h3-10,15,20-22H,11-14H2,1-2H3,(H,26,31)(H,28,29). The summed E-state index contributed by atoms with van der Waals surface area (Å²) in [6.07, 6.45) is -0.844. The lowest BCUT2D eigenvalue weighted by Gasteiger charge is -2.30. The molecule has 1 heterocycles. The molecule has 0 spiro atoms. The van der Waals surface area contributed by atoms with E-state index in [0.717, 1.165) is 22.3 Å². The van der Waals surface area contributed by atoms with Crippen LogP contribution in [0.5, 0.6) is 0 Å². The van der Waals surface area contributed by atoms with Crippen LogP contribution in [0.4, 0.5) is 4.79 Å². The summed E-state index contributed by atoms with van der Waals surface area (Å²) in [4.78, 5) is 38.4. The second-order valence-electron chi connectivity index (χ2n) is 8.50. The number of benzene rings is 2. The normalized spacial score (nSPS) is 19.9. The fourth-order valence-corrected chi connectivity index (χ4v) is 4.80.